The van der Waals surface area contributed by atoms with Gasteiger partial charge in [-0.2, -0.15) is 0 Å². The average Bonchev–Trinajstić information content (AvgIpc) is 2.03. The Labute approximate surface area is 80.0 Å². The Morgan fingerprint density at radius 3 is 2.15 bits per heavy atom. The highest BCUT2D eigenvalue weighted by atomic mass is 16.5. The fraction of sp³-hybridized carbons (Fsp3) is 0.333. The Hall–Kier alpha value is -1.24. The summed E-state index contributed by atoms with van der Waals surface area (Å²) in [7, 11) is 0. The molecule has 13 heavy (non-hydrogen) atoms. The van der Waals surface area contributed by atoms with E-state index < -0.39 is 0 Å². The average molecular weight is 176 g/mol. The lowest BCUT2D eigenvalue weighted by atomic mass is 10.1. The number of hydrogen-bond acceptors (Lipinski definition) is 1. The molecule has 0 heterocycles. The molecule has 0 spiro atoms. The Bertz CT molecular complexity index is 280. The van der Waals surface area contributed by atoms with Gasteiger partial charge in [-0.05, 0) is 20.8 Å². The van der Waals surface area contributed by atoms with Crippen LogP contribution in [0.5, 0.6) is 0 Å². The van der Waals surface area contributed by atoms with E-state index in [1.165, 1.54) is 0 Å². The third kappa shape index (κ3) is 3.32. The first kappa shape index (κ1) is 9.85. The fourth-order valence-corrected chi connectivity index (χ4v) is 1.05. The van der Waals surface area contributed by atoms with Crippen LogP contribution in [0.15, 0.2) is 36.9 Å². The molecule has 0 aliphatic carbocycles. The summed E-state index contributed by atoms with van der Waals surface area (Å²) in [6, 6.07) is 9.93. The molecule has 1 aromatic rings. The first-order valence-electron chi connectivity index (χ1n) is 4.42. The highest BCUT2D eigenvalue weighted by Gasteiger charge is 2.12. The molecule has 0 aromatic heterocycles. The van der Waals surface area contributed by atoms with E-state index in [-0.39, 0.29) is 5.60 Å². The summed E-state index contributed by atoms with van der Waals surface area (Å²) >= 11 is 0. The Kier molecular flexibility index (Phi) is 2.76. The highest BCUT2D eigenvalue weighted by molar-refractivity contribution is 5.57. The minimum absolute atomic E-state index is 0.174. The minimum atomic E-state index is -0.174. The molecular formula is C12H16O. The molecule has 0 fully saturated rings. The Morgan fingerprint density at radius 1 is 1.15 bits per heavy atom. The van der Waals surface area contributed by atoms with Gasteiger partial charge < -0.3 is 4.74 Å². The molecule has 0 atom stereocenters. The van der Waals surface area contributed by atoms with E-state index in [1.807, 2.05) is 51.1 Å². The van der Waals surface area contributed by atoms with Crippen LogP contribution in [0.25, 0.3) is 5.76 Å². The van der Waals surface area contributed by atoms with Gasteiger partial charge in [0.1, 0.15) is 11.4 Å². The summed E-state index contributed by atoms with van der Waals surface area (Å²) in [6.45, 7) is 9.93. The summed E-state index contributed by atoms with van der Waals surface area (Å²) in [4.78, 5) is 0. The first-order valence-corrected chi connectivity index (χ1v) is 4.42. The molecule has 1 rings (SSSR count). The summed E-state index contributed by atoms with van der Waals surface area (Å²) in [5, 5.41) is 0. The SMILES string of the molecule is C=C(OC(C)(C)C)c1ccccc1. The van der Waals surface area contributed by atoms with E-state index in [1.54, 1.807) is 0 Å². The van der Waals surface area contributed by atoms with Crippen LogP contribution in [0.1, 0.15) is 26.3 Å². The number of rotatable bonds is 2. The fourth-order valence-electron chi connectivity index (χ4n) is 1.05. The van der Waals surface area contributed by atoms with Crippen molar-refractivity contribution in [3.63, 3.8) is 0 Å². The van der Waals surface area contributed by atoms with E-state index >= 15 is 0 Å². The number of hydrogen-bond donors (Lipinski definition) is 0. The molecule has 0 unspecified atom stereocenters. The van der Waals surface area contributed by atoms with Crippen molar-refractivity contribution in [2.45, 2.75) is 26.4 Å². The lowest BCUT2D eigenvalue weighted by Gasteiger charge is -2.22. The zero-order valence-electron chi connectivity index (χ0n) is 8.50. The van der Waals surface area contributed by atoms with Gasteiger partial charge in [0.2, 0.25) is 0 Å². The predicted octanol–water partition coefficient (Wildman–Crippen LogP) is 3.47. The van der Waals surface area contributed by atoms with Crippen LogP contribution in [0.4, 0.5) is 0 Å². The van der Waals surface area contributed by atoms with Crippen LogP contribution in [-0.2, 0) is 4.74 Å². The van der Waals surface area contributed by atoms with Crippen LogP contribution in [-0.4, -0.2) is 5.60 Å². The molecule has 1 nitrogen and oxygen atoms in total. The van der Waals surface area contributed by atoms with E-state index in [9.17, 15) is 0 Å². The van der Waals surface area contributed by atoms with Gasteiger partial charge in [-0.25, -0.2) is 0 Å². The molecule has 0 aliphatic heterocycles. The van der Waals surface area contributed by atoms with Gasteiger partial charge in [-0.1, -0.05) is 36.9 Å². The van der Waals surface area contributed by atoms with Crippen LogP contribution in [0.2, 0.25) is 0 Å². The van der Waals surface area contributed by atoms with Crippen molar-refractivity contribution in [3.05, 3.63) is 42.5 Å². The number of ether oxygens (including phenoxy) is 1. The van der Waals surface area contributed by atoms with E-state index in [0.717, 1.165) is 11.3 Å². The van der Waals surface area contributed by atoms with Crippen molar-refractivity contribution in [2.24, 2.45) is 0 Å². The molecular weight excluding hydrogens is 160 g/mol. The molecule has 0 amide bonds. The molecule has 70 valence electrons. The topological polar surface area (TPSA) is 9.23 Å². The molecule has 0 bridgehead atoms. The molecule has 0 aliphatic rings. The van der Waals surface area contributed by atoms with Gasteiger partial charge in [0, 0.05) is 5.56 Å². The summed E-state index contributed by atoms with van der Waals surface area (Å²) in [5.74, 6) is 0.730. The van der Waals surface area contributed by atoms with Gasteiger partial charge in [0.15, 0.2) is 0 Å². The maximum absolute atomic E-state index is 5.63. The second-order valence-corrected chi connectivity index (χ2v) is 4.00. The maximum Gasteiger partial charge on any atom is 0.120 e. The third-order valence-corrected chi connectivity index (χ3v) is 1.53. The van der Waals surface area contributed by atoms with E-state index in [2.05, 4.69) is 6.58 Å². The van der Waals surface area contributed by atoms with Crippen LogP contribution in [0.3, 0.4) is 0 Å². The highest BCUT2D eigenvalue weighted by Crippen LogP contribution is 2.20. The van der Waals surface area contributed by atoms with Gasteiger partial charge in [-0.3, -0.25) is 0 Å². The van der Waals surface area contributed by atoms with Crippen molar-refractivity contribution in [3.8, 4) is 0 Å². The second-order valence-electron chi connectivity index (χ2n) is 4.00. The minimum Gasteiger partial charge on any atom is -0.488 e. The summed E-state index contributed by atoms with van der Waals surface area (Å²) in [5.41, 5.74) is 0.866. The van der Waals surface area contributed by atoms with Gasteiger partial charge in [0.05, 0.1) is 0 Å². The van der Waals surface area contributed by atoms with E-state index in [0.29, 0.717) is 0 Å². The number of benzene rings is 1. The zero-order chi connectivity index (χ0) is 9.90. The quantitative estimate of drug-likeness (QED) is 0.627. The summed E-state index contributed by atoms with van der Waals surface area (Å²) < 4.78 is 5.63. The van der Waals surface area contributed by atoms with Crippen molar-refractivity contribution < 1.29 is 4.74 Å². The van der Waals surface area contributed by atoms with Crippen molar-refractivity contribution in [1.82, 2.24) is 0 Å². The molecule has 0 saturated carbocycles. The first-order chi connectivity index (χ1) is 5.99. The lowest BCUT2D eigenvalue weighted by Crippen LogP contribution is -2.17. The largest absolute Gasteiger partial charge is 0.488 e. The second kappa shape index (κ2) is 3.65. The molecule has 0 N–H and O–H groups in total. The smallest absolute Gasteiger partial charge is 0.120 e. The van der Waals surface area contributed by atoms with Crippen molar-refractivity contribution in [2.75, 3.05) is 0 Å². The normalized spacial score (nSPS) is 11.0. The van der Waals surface area contributed by atoms with Crippen molar-refractivity contribution >= 4 is 5.76 Å². The summed E-state index contributed by atoms with van der Waals surface area (Å²) in [6.07, 6.45) is 0. The predicted molar refractivity (Wildman–Crippen MR) is 56.3 cm³/mol. The monoisotopic (exact) mass is 176 g/mol. The third-order valence-electron chi connectivity index (χ3n) is 1.53. The molecule has 1 aromatic carbocycles. The van der Waals surface area contributed by atoms with Crippen molar-refractivity contribution in [1.29, 1.82) is 0 Å². The molecule has 1 heteroatoms. The molecule has 0 saturated heterocycles. The zero-order valence-corrected chi connectivity index (χ0v) is 8.50. The van der Waals surface area contributed by atoms with Gasteiger partial charge in [-0.15, -0.1) is 0 Å². The Balaban J connectivity index is 2.71. The van der Waals surface area contributed by atoms with E-state index in [4.69, 9.17) is 4.74 Å². The van der Waals surface area contributed by atoms with Crippen LogP contribution in [0, 0.1) is 0 Å². The van der Waals surface area contributed by atoms with Gasteiger partial charge >= 0.3 is 0 Å². The standard InChI is InChI=1S/C12H16O/c1-10(13-12(2,3)4)11-8-6-5-7-9-11/h5-9H,1H2,2-4H3. The van der Waals surface area contributed by atoms with Crippen LogP contribution < -0.4 is 0 Å². The van der Waals surface area contributed by atoms with Gasteiger partial charge in [0.25, 0.3) is 0 Å². The Morgan fingerprint density at radius 2 is 1.69 bits per heavy atom. The lowest BCUT2D eigenvalue weighted by molar-refractivity contribution is 0.0976. The van der Waals surface area contributed by atoms with Crippen LogP contribution >= 0.6 is 0 Å². The maximum atomic E-state index is 5.63. The molecule has 0 radical (unpaired) electrons.